The van der Waals surface area contributed by atoms with Gasteiger partial charge in [-0.25, -0.2) is 4.79 Å². The highest BCUT2D eigenvalue weighted by molar-refractivity contribution is 6.30. The number of rotatable bonds is 3. The first kappa shape index (κ1) is 15.8. The fraction of sp³-hybridized carbons (Fsp3) is 0.235. The minimum absolute atomic E-state index is 0.0701. The maximum absolute atomic E-state index is 12.0. The molecule has 1 saturated heterocycles. The monoisotopic (exact) mass is 331 g/mol. The number of amides is 2. The molecule has 1 atom stereocenters. The Balaban J connectivity index is 1.57. The standard InChI is InChI=1S/C17H18ClN3O2/c18-13-3-7-15(8-4-13)21-17(22)20-14-5-1-12(2-6-14)16-11-19-9-10-23-16/h1-8,16,19H,9-11H2,(H2,20,21,22)/t16-/m1/s1. The number of benzene rings is 2. The molecule has 0 bridgehead atoms. The van der Waals surface area contributed by atoms with E-state index in [0.717, 1.165) is 24.3 Å². The van der Waals surface area contributed by atoms with Crippen molar-refractivity contribution in [2.75, 3.05) is 30.3 Å². The number of nitrogens with one attached hydrogen (secondary N) is 3. The van der Waals surface area contributed by atoms with Crippen molar-refractivity contribution in [3.63, 3.8) is 0 Å². The van der Waals surface area contributed by atoms with E-state index in [9.17, 15) is 4.79 Å². The average Bonchev–Trinajstić information content (AvgIpc) is 2.58. The van der Waals surface area contributed by atoms with Crippen LogP contribution in [0.3, 0.4) is 0 Å². The van der Waals surface area contributed by atoms with Crippen LogP contribution in [0, 0.1) is 0 Å². The highest BCUT2D eigenvalue weighted by Gasteiger charge is 2.15. The quantitative estimate of drug-likeness (QED) is 0.804. The Kier molecular flexibility index (Phi) is 5.12. The summed E-state index contributed by atoms with van der Waals surface area (Å²) in [5.41, 5.74) is 2.51. The first-order valence-electron chi connectivity index (χ1n) is 7.46. The summed E-state index contributed by atoms with van der Waals surface area (Å²) in [6.45, 7) is 2.42. The van der Waals surface area contributed by atoms with E-state index in [1.54, 1.807) is 24.3 Å². The van der Waals surface area contributed by atoms with E-state index in [1.807, 2.05) is 24.3 Å². The smallest absolute Gasteiger partial charge is 0.323 e. The molecule has 1 fully saturated rings. The molecule has 1 aliphatic rings. The first-order chi connectivity index (χ1) is 11.2. The van der Waals surface area contributed by atoms with Gasteiger partial charge in [-0.3, -0.25) is 0 Å². The summed E-state index contributed by atoms with van der Waals surface area (Å²) >= 11 is 5.81. The summed E-state index contributed by atoms with van der Waals surface area (Å²) in [6, 6.07) is 14.3. The first-order valence-corrected chi connectivity index (χ1v) is 7.84. The molecule has 2 aromatic carbocycles. The Labute approximate surface area is 140 Å². The number of carbonyl (C=O) groups is 1. The molecule has 23 heavy (non-hydrogen) atoms. The Morgan fingerprint density at radius 2 is 1.65 bits per heavy atom. The lowest BCUT2D eigenvalue weighted by Crippen LogP contribution is -2.33. The van der Waals surface area contributed by atoms with Crippen LogP contribution in [0.15, 0.2) is 48.5 Å². The fourth-order valence-electron chi connectivity index (χ4n) is 2.39. The Hall–Kier alpha value is -2.08. The van der Waals surface area contributed by atoms with Gasteiger partial charge < -0.3 is 20.7 Å². The van der Waals surface area contributed by atoms with Crippen LogP contribution >= 0.6 is 11.6 Å². The van der Waals surface area contributed by atoms with Crippen LogP contribution in [0.1, 0.15) is 11.7 Å². The third-order valence-electron chi connectivity index (χ3n) is 3.57. The van der Waals surface area contributed by atoms with Gasteiger partial charge in [-0.15, -0.1) is 0 Å². The molecule has 0 spiro atoms. The zero-order valence-electron chi connectivity index (χ0n) is 12.5. The van der Waals surface area contributed by atoms with Crippen molar-refractivity contribution in [3.8, 4) is 0 Å². The van der Waals surface area contributed by atoms with Crippen molar-refractivity contribution >= 4 is 29.0 Å². The molecule has 5 nitrogen and oxygen atoms in total. The van der Waals surface area contributed by atoms with E-state index in [2.05, 4.69) is 16.0 Å². The number of hydrogen-bond acceptors (Lipinski definition) is 3. The second-order valence-corrected chi connectivity index (χ2v) is 5.71. The summed E-state index contributed by atoms with van der Waals surface area (Å²) in [7, 11) is 0. The topological polar surface area (TPSA) is 62.4 Å². The van der Waals surface area contributed by atoms with Gasteiger partial charge >= 0.3 is 6.03 Å². The van der Waals surface area contributed by atoms with Crippen LogP contribution in [-0.2, 0) is 4.74 Å². The van der Waals surface area contributed by atoms with Crippen molar-refractivity contribution in [2.24, 2.45) is 0 Å². The van der Waals surface area contributed by atoms with E-state index in [1.165, 1.54) is 0 Å². The largest absolute Gasteiger partial charge is 0.371 e. The van der Waals surface area contributed by atoms with Crippen molar-refractivity contribution in [3.05, 3.63) is 59.1 Å². The molecule has 120 valence electrons. The lowest BCUT2D eigenvalue weighted by atomic mass is 10.1. The van der Waals surface area contributed by atoms with Gasteiger partial charge in [-0.2, -0.15) is 0 Å². The Morgan fingerprint density at radius 1 is 1.04 bits per heavy atom. The second-order valence-electron chi connectivity index (χ2n) is 5.27. The number of urea groups is 1. The van der Waals surface area contributed by atoms with E-state index in [0.29, 0.717) is 17.3 Å². The lowest BCUT2D eigenvalue weighted by molar-refractivity contribution is 0.0277. The van der Waals surface area contributed by atoms with Crippen molar-refractivity contribution in [1.29, 1.82) is 0 Å². The van der Waals surface area contributed by atoms with E-state index >= 15 is 0 Å². The van der Waals surface area contributed by atoms with Crippen molar-refractivity contribution < 1.29 is 9.53 Å². The molecule has 2 amide bonds. The Morgan fingerprint density at radius 3 is 2.22 bits per heavy atom. The van der Waals surface area contributed by atoms with Gasteiger partial charge in [0.2, 0.25) is 0 Å². The average molecular weight is 332 g/mol. The summed E-state index contributed by atoms with van der Waals surface area (Å²) in [5, 5.41) is 9.48. The molecule has 0 saturated carbocycles. The summed E-state index contributed by atoms with van der Waals surface area (Å²) in [5.74, 6) is 0. The van der Waals surface area contributed by atoms with E-state index < -0.39 is 0 Å². The van der Waals surface area contributed by atoms with Gasteiger partial charge in [0, 0.05) is 29.5 Å². The van der Waals surface area contributed by atoms with Crippen LogP contribution in [0.5, 0.6) is 0 Å². The zero-order valence-corrected chi connectivity index (χ0v) is 13.3. The molecule has 0 aromatic heterocycles. The molecular weight excluding hydrogens is 314 g/mol. The number of halogens is 1. The number of hydrogen-bond donors (Lipinski definition) is 3. The second kappa shape index (κ2) is 7.46. The number of carbonyl (C=O) groups excluding carboxylic acids is 1. The SMILES string of the molecule is O=C(Nc1ccc(Cl)cc1)Nc1ccc([C@H]2CNCCO2)cc1. The zero-order chi connectivity index (χ0) is 16.1. The van der Waals surface area contributed by atoms with Crippen molar-refractivity contribution in [1.82, 2.24) is 5.32 Å². The van der Waals surface area contributed by atoms with Crippen LogP contribution in [0.2, 0.25) is 5.02 Å². The highest BCUT2D eigenvalue weighted by Crippen LogP contribution is 2.21. The number of ether oxygens (including phenoxy) is 1. The molecule has 1 heterocycles. The van der Waals surface area contributed by atoms with Gasteiger partial charge in [0.1, 0.15) is 0 Å². The summed E-state index contributed by atoms with van der Waals surface area (Å²) < 4.78 is 5.70. The summed E-state index contributed by atoms with van der Waals surface area (Å²) in [4.78, 5) is 12.0. The van der Waals surface area contributed by atoms with Gasteiger partial charge in [0.05, 0.1) is 12.7 Å². The van der Waals surface area contributed by atoms with E-state index in [-0.39, 0.29) is 12.1 Å². The molecular formula is C17H18ClN3O2. The Bertz CT molecular complexity index is 653. The molecule has 0 unspecified atom stereocenters. The van der Waals surface area contributed by atoms with Crippen LogP contribution in [-0.4, -0.2) is 25.7 Å². The molecule has 2 aromatic rings. The van der Waals surface area contributed by atoms with Gasteiger partial charge in [-0.1, -0.05) is 23.7 Å². The maximum atomic E-state index is 12.0. The van der Waals surface area contributed by atoms with Crippen LogP contribution in [0.25, 0.3) is 0 Å². The number of morpholine rings is 1. The molecule has 3 rings (SSSR count). The minimum atomic E-state index is -0.296. The van der Waals surface area contributed by atoms with Gasteiger partial charge in [0.15, 0.2) is 0 Å². The third-order valence-corrected chi connectivity index (χ3v) is 3.82. The maximum Gasteiger partial charge on any atom is 0.323 e. The van der Waals surface area contributed by atoms with Gasteiger partial charge in [0.25, 0.3) is 0 Å². The highest BCUT2D eigenvalue weighted by atomic mass is 35.5. The molecule has 6 heteroatoms. The van der Waals surface area contributed by atoms with E-state index in [4.69, 9.17) is 16.3 Å². The predicted octanol–water partition coefficient (Wildman–Crippen LogP) is 3.64. The normalized spacial score (nSPS) is 17.5. The lowest BCUT2D eigenvalue weighted by Gasteiger charge is -2.24. The van der Waals surface area contributed by atoms with Crippen LogP contribution < -0.4 is 16.0 Å². The number of anilines is 2. The van der Waals surface area contributed by atoms with Crippen molar-refractivity contribution in [2.45, 2.75) is 6.10 Å². The summed E-state index contributed by atoms with van der Waals surface area (Å²) in [6.07, 6.45) is 0.0701. The fourth-order valence-corrected chi connectivity index (χ4v) is 2.51. The molecule has 0 radical (unpaired) electrons. The molecule has 3 N–H and O–H groups in total. The molecule has 0 aliphatic carbocycles. The van der Waals surface area contributed by atoms with Gasteiger partial charge in [-0.05, 0) is 42.0 Å². The molecule has 1 aliphatic heterocycles. The minimum Gasteiger partial charge on any atom is -0.371 e. The predicted molar refractivity (Wildman–Crippen MR) is 92.1 cm³/mol. The van der Waals surface area contributed by atoms with Crippen LogP contribution in [0.4, 0.5) is 16.2 Å². The third kappa shape index (κ3) is 4.45.